The van der Waals surface area contributed by atoms with Crippen LogP contribution in [0.2, 0.25) is 0 Å². The van der Waals surface area contributed by atoms with Crippen LogP contribution in [0.5, 0.6) is 0 Å². The minimum Gasteiger partial charge on any atom is -0.357 e. The van der Waals surface area contributed by atoms with E-state index in [1.165, 1.54) is 30.5 Å². The van der Waals surface area contributed by atoms with Gasteiger partial charge in [-0.15, -0.1) is 0 Å². The fourth-order valence-electron chi connectivity index (χ4n) is 2.71. The Morgan fingerprint density at radius 1 is 1.29 bits per heavy atom. The van der Waals surface area contributed by atoms with Crippen molar-refractivity contribution in [2.75, 3.05) is 11.9 Å². The molecule has 1 unspecified atom stereocenters. The molecule has 0 bridgehead atoms. The summed E-state index contributed by atoms with van der Waals surface area (Å²) in [5.41, 5.74) is 2.57. The zero-order valence-corrected chi connectivity index (χ0v) is 14.3. The molecule has 0 aliphatic heterocycles. The highest BCUT2D eigenvalue weighted by Gasteiger charge is 2.20. The number of nitrogens with one attached hydrogen (secondary N) is 1. The van der Waals surface area contributed by atoms with Gasteiger partial charge in [0.15, 0.2) is 0 Å². The molecule has 118 valence electrons. The molecule has 1 heterocycles. The normalized spacial score (nSPS) is 16.3. The molecular weight excluding hydrogens is 258 g/mol. The van der Waals surface area contributed by atoms with Crippen molar-refractivity contribution >= 4 is 5.82 Å². The van der Waals surface area contributed by atoms with Gasteiger partial charge in [0, 0.05) is 31.4 Å². The van der Waals surface area contributed by atoms with E-state index in [2.05, 4.69) is 57.1 Å². The molecule has 1 aliphatic carbocycles. The van der Waals surface area contributed by atoms with Gasteiger partial charge in [0.1, 0.15) is 5.82 Å². The molecular formula is C18H31N3. The molecule has 3 heteroatoms. The van der Waals surface area contributed by atoms with Crippen LogP contribution in [-0.2, 0) is 13.0 Å². The summed E-state index contributed by atoms with van der Waals surface area (Å²) in [6, 6.07) is 5.78. The number of aromatic nitrogens is 1. The summed E-state index contributed by atoms with van der Waals surface area (Å²) in [5.74, 6) is 1.84. The highest BCUT2D eigenvalue weighted by Crippen LogP contribution is 2.22. The van der Waals surface area contributed by atoms with Crippen LogP contribution in [-0.4, -0.2) is 24.1 Å². The van der Waals surface area contributed by atoms with E-state index in [9.17, 15) is 0 Å². The van der Waals surface area contributed by atoms with Crippen LogP contribution in [0.3, 0.4) is 0 Å². The monoisotopic (exact) mass is 289 g/mol. The Labute approximate surface area is 130 Å². The molecule has 1 N–H and O–H groups in total. The first-order chi connectivity index (χ1) is 9.99. The predicted octanol–water partition coefficient (Wildman–Crippen LogP) is 3.77. The second-order valence-corrected chi connectivity index (χ2v) is 6.92. The van der Waals surface area contributed by atoms with Crippen molar-refractivity contribution in [1.82, 2.24) is 10.3 Å². The molecule has 0 radical (unpaired) electrons. The fourth-order valence-corrected chi connectivity index (χ4v) is 2.71. The summed E-state index contributed by atoms with van der Waals surface area (Å²) in [6.45, 7) is 10.0. The third-order valence-electron chi connectivity index (χ3n) is 4.29. The Morgan fingerprint density at radius 2 is 2.00 bits per heavy atom. The lowest BCUT2D eigenvalue weighted by atomic mass is 10.0. The van der Waals surface area contributed by atoms with E-state index < -0.39 is 0 Å². The topological polar surface area (TPSA) is 28.2 Å². The summed E-state index contributed by atoms with van der Waals surface area (Å²) >= 11 is 0. The number of pyridine rings is 1. The molecule has 1 aromatic heterocycles. The minimum atomic E-state index is 0.522. The summed E-state index contributed by atoms with van der Waals surface area (Å²) in [5, 5.41) is 3.61. The molecule has 1 atom stereocenters. The quantitative estimate of drug-likeness (QED) is 0.789. The second-order valence-electron chi connectivity index (χ2n) is 6.92. The molecule has 0 spiro atoms. The fraction of sp³-hybridized carbons (Fsp3) is 0.722. The lowest BCUT2D eigenvalue weighted by Gasteiger charge is -2.28. The van der Waals surface area contributed by atoms with Gasteiger partial charge in [-0.3, -0.25) is 0 Å². The van der Waals surface area contributed by atoms with Gasteiger partial charge in [0.05, 0.1) is 0 Å². The number of rotatable bonds is 8. The van der Waals surface area contributed by atoms with Gasteiger partial charge in [0.25, 0.3) is 0 Å². The molecule has 2 rings (SSSR count). The van der Waals surface area contributed by atoms with Crippen LogP contribution < -0.4 is 10.2 Å². The first kappa shape index (κ1) is 16.3. The summed E-state index contributed by atoms with van der Waals surface area (Å²) < 4.78 is 0. The third kappa shape index (κ3) is 4.99. The van der Waals surface area contributed by atoms with Crippen molar-refractivity contribution in [2.45, 2.75) is 72.0 Å². The van der Waals surface area contributed by atoms with Crippen LogP contribution in [0.1, 0.15) is 58.2 Å². The summed E-state index contributed by atoms with van der Waals surface area (Å²) in [4.78, 5) is 7.15. The van der Waals surface area contributed by atoms with Crippen molar-refractivity contribution in [1.29, 1.82) is 0 Å². The number of nitrogens with zero attached hydrogens (tertiary/aromatic N) is 2. The van der Waals surface area contributed by atoms with Crippen molar-refractivity contribution in [3.63, 3.8) is 0 Å². The summed E-state index contributed by atoms with van der Waals surface area (Å²) in [7, 11) is 2.17. The van der Waals surface area contributed by atoms with E-state index in [-0.39, 0.29) is 0 Å². The van der Waals surface area contributed by atoms with E-state index >= 15 is 0 Å². The van der Waals surface area contributed by atoms with Gasteiger partial charge in [0.2, 0.25) is 0 Å². The first-order valence-corrected chi connectivity index (χ1v) is 8.45. The maximum absolute atomic E-state index is 4.82. The SMILES string of the molecule is CCc1cc(CNC2CC2)cc(N(C)C(C)CC(C)C)n1. The van der Waals surface area contributed by atoms with E-state index in [1.807, 2.05) is 0 Å². The zero-order valence-electron chi connectivity index (χ0n) is 14.3. The molecule has 1 saturated carbocycles. The summed E-state index contributed by atoms with van der Waals surface area (Å²) in [6.07, 6.45) is 4.87. The molecule has 0 amide bonds. The van der Waals surface area contributed by atoms with E-state index in [1.54, 1.807) is 0 Å². The highest BCUT2D eigenvalue weighted by atomic mass is 15.2. The van der Waals surface area contributed by atoms with Crippen molar-refractivity contribution < 1.29 is 0 Å². The van der Waals surface area contributed by atoms with Crippen molar-refractivity contribution in [2.24, 2.45) is 5.92 Å². The maximum atomic E-state index is 4.82. The standard InChI is InChI=1S/C18H31N3/c1-6-16-10-15(12-19-17-7-8-17)11-18(20-16)21(5)14(4)9-13(2)3/h10-11,13-14,17,19H,6-9,12H2,1-5H3. The lowest BCUT2D eigenvalue weighted by molar-refractivity contribution is 0.501. The number of aryl methyl sites for hydroxylation is 1. The van der Waals surface area contributed by atoms with Gasteiger partial charge in [-0.2, -0.15) is 0 Å². The van der Waals surface area contributed by atoms with Crippen LogP contribution in [0, 0.1) is 5.92 Å². The van der Waals surface area contributed by atoms with Crippen molar-refractivity contribution in [3.05, 3.63) is 23.4 Å². The molecule has 1 fully saturated rings. The molecule has 0 saturated heterocycles. The third-order valence-corrected chi connectivity index (χ3v) is 4.29. The Bertz CT molecular complexity index is 452. The first-order valence-electron chi connectivity index (χ1n) is 8.45. The predicted molar refractivity (Wildman–Crippen MR) is 90.8 cm³/mol. The molecule has 0 aromatic carbocycles. The maximum Gasteiger partial charge on any atom is 0.129 e. The van der Waals surface area contributed by atoms with E-state index in [0.717, 1.165) is 24.8 Å². The molecule has 3 nitrogen and oxygen atoms in total. The van der Waals surface area contributed by atoms with Gasteiger partial charge < -0.3 is 10.2 Å². The van der Waals surface area contributed by atoms with Crippen LogP contribution in [0.4, 0.5) is 5.82 Å². The van der Waals surface area contributed by atoms with Crippen molar-refractivity contribution in [3.8, 4) is 0 Å². The van der Waals surface area contributed by atoms with E-state index in [4.69, 9.17) is 4.98 Å². The number of hydrogen-bond donors (Lipinski definition) is 1. The Hall–Kier alpha value is -1.09. The van der Waals surface area contributed by atoms with Gasteiger partial charge >= 0.3 is 0 Å². The van der Waals surface area contributed by atoms with Gasteiger partial charge in [-0.05, 0) is 56.2 Å². The lowest BCUT2D eigenvalue weighted by Crippen LogP contribution is -2.31. The van der Waals surface area contributed by atoms with E-state index in [0.29, 0.717) is 12.0 Å². The molecule has 1 aromatic rings. The number of hydrogen-bond acceptors (Lipinski definition) is 3. The van der Waals surface area contributed by atoms with Gasteiger partial charge in [-0.25, -0.2) is 4.98 Å². The minimum absolute atomic E-state index is 0.522. The largest absolute Gasteiger partial charge is 0.357 e. The van der Waals surface area contributed by atoms with Crippen LogP contribution in [0.25, 0.3) is 0 Å². The van der Waals surface area contributed by atoms with Crippen LogP contribution >= 0.6 is 0 Å². The Balaban J connectivity index is 2.10. The average Bonchev–Trinajstić information content (AvgIpc) is 3.27. The molecule has 21 heavy (non-hydrogen) atoms. The Morgan fingerprint density at radius 3 is 2.57 bits per heavy atom. The zero-order chi connectivity index (χ0) is 15.4. The smallest absolute Gasteiger partial charge is 0.129 e. The second kappa shape index (κ2) is 7.26. The molecule has 1 aliphatic rings. The Kier molecular flexibility index (Phi) is 5.63. The van der Waals surface area contributed by atoms with Crippen LogP contribution in [0.15, 0.2) is 12.1 Å². The van der Waals surface area contributed by atoms with Gasteiger partial charge in [-0.1, -0.05) is 20.8 Å². The number of anilines is 1. The average molecular weight is 289 g/mol. The highest BCUT2D eigenvalue weighted by molar-refractivity contribution is 5.43.